The molecule has 0 aliphatic heterocycles. The maximum absolute atomic E-state index is 12.9. The lowest BCUT2D eigenvalue weighted by Crippen LogP contribution is -2.13. The number of benzene rings is 1. The summed E-state index contributed by atoms with van der Waals surface area (Å²) in [6, 6.07) is 4.66. The summed E-state index contributed by atoms with van der Waals surface area (Å²) >= 11 is 3.38. The Morgan fingerprint density at radius 3 is 2.77 bits per heavy atom. The first-order valence-corrected chi connectivity index (χ1v) is 5.18. The minimum absolute atomic E-state index is 0.00919. The molecule has 0 radical (unpaired) electrons. The van der Waals surface area contributed by atoms with E-state index in [1.807, 2.05) is 0 Å². The SMILES string of the molecule is NC(c1cc(F)ccc1Br)C1CC1. The number of nitrogens with two attached hydrogens (primary N) is 1. The lowest BCUT2D eigenvalue weighted by Gasteiger charge is -2.12. The van der Waals surface area contributed by atoms with Gasteiger partial charge in [0, 0.05) is 10.5 Å². The summed E-state index contributed by atoms with van der Waals surface area (Å²) in [5.74, 6) is 0.340. The molecule has 1 aliphatic carbocycles. The molecule has 0 aromatic heterocycles. The van der Waals surface area contributed by atoms with Crippen molar-refractivity contribution in [2.24, 2.45) is 11.7 Å². The molecule has 0 spiro atoms. The Morgan fingerprint density at radius 1 is 1.46 bits per heavy atom. The molecule has 1 unspecified atom stereocenters. The van der Waals surface area contributed by atoms with E-state index < -0.39 is 0 Å². The standard InChI is InChI=1S/C10H11BrFN/c11-9-4-3-7(12)5-8(9)10(13)6-1-2-6/h3-6,10H,1-2,13H2. The largest absolute Gasteiger partial charge is 0.324 e. The molecule has 0 heterocycles. The zero-order chi connectivity index (χ0) is 9.42. The maximum Gasteiger partial charge on any atom is 0.123 e. The van der Waals surface area contributed by atoms with Crippen molar-refractivity contribution in [1.82, 2.24) is 0 Å². The topological polar surface area (TPSA) is 26.0 Å². The smallest absolute Gasteiger partial charge is 0.123 e. The molecular formula is C10H11BrFN. The van der Waals surface area contributed by atoms with Crippen LogP contribution in [0.25, 0.3) is 0 Å². The molecule has 1 aromatic carbocycles. The van der Waals surface area contributed by atoms with Crippen molar-refractivity contribution in [3.05, 3.63) is 34.1 Å². The molecule has 0 bridgehead atoms. The minimum atomic E-state index is -0.214. The number of rotatable bonds is 2. The van der Waals surface area contributed by atoms with Crippen LogP contribution in [0.4, 0.5) is 4.39 Å². The third-order valence-electron chi connectivity index (χ3n) is 2.45. The third kappa shape index (κ3) is 1.92. The lowest BCUT2D eigenvalue weighted by atomic mass is 10.0. The van der Waals surface area contributed by atoms with E-state index in [9.17, 15) is 4.39 Å². The van der Waals surface area contributed by atoms with E-state index in [0.29, 0.717) is 5.92 Å². The summed E-state index contributed by atoms with van der Waals surface area (Å²) in [4.78, 5) is 0. The summed E-state index contributed by atoms with van der Waals surface area (Å²) in [5.41, 5.74) is 6.86. The van der Waals surface area contributed by atoms with E-state index in [2.05, 4.69) is 15.9 Å². The average Bonchev–Trinajstić information content (AvgIpc) is 2.91. The molecule has 1 saturated carbocycles. The molecule has 1 fully saturated rings. The highest BCUT2D eigenvalue weighted by molar-refractivity contribution is 9.10. The molecule has 2 rings (SSSR count). The van der Waals surface area contributed by atoms with Gasteiger partial charge in [0.1, 0.15) is 5.82 Å². The van der Waals surface area contributed by atoms with Gasteiger partial charge in [-0.1, -0.05) is 15.9 Å². The van der Waals surface area contributed by atoms with Gasteiger partial charge in [0.05, 0.1) is 0 Å². The Bertz CT molecular complexity index is 323. The lowest BCUT2D eigenvalue weighted by molar-refractivity contribution is 0.599. The van der Waals surface area contributed by atoms with E-state index in [1.54, 1.807) is 6.07 Å². The van der Waals surface area contributed by atoms with Crippen LogP contribution in [0, 0.1) is 11.7 Å². The first kappa shape index (κ1) is 9.16. The monoisotopic (exact) mass is 243 g/mol. The van der Waals surface area contributed by atoms with Gasteiger partial charge in [-0.05, 0) is 42.5 Å². The molecule has 13 heavy (non-hydrogen) atoms. The van der Waals surface area contributed by atoms with Gasteiger partial charge in [-0.3, -0.25) is 0 Å². The summed E-state index contributed by atoms with van der Waals surface area (Å²) in [6.45, 7) is 0. The van der Waals surface area contributed by atoms with E-state index >= 15 is 0 Å². The van der Waals surface area contributed by atoms with Gasteiger partial charge >= 0.3 is 0 Å². The molecule has 1 aromatic rings. The van der Waals surface area contributed by atoms with Crippen LogP contribution in [0.2, 0.25) is 0 Å². The first-order chi connectivity index (χ1) is 6.18. The van der Waals surface area contributed by atoms with Crippen molar-refractivity contribution in [2.75, 3.05) is 0 Å². The molecular weight excluding hydrogens is 233 g/mol. The first-order valence-electron chi connectivity index (χ1n) is 4.39. The van der Waals surface area contributed by atoms with Crippen LogP contribution < -0.4 is 5.73 Å². The molecule has 1 atom stereocenters. The van der Waals surface area contributed by atoms with Crippen LogP contribution in [0.1, 0.15) is 24.4 Å². The zero-order valence-corrected chi connectivity index (χ0v) is 8.72. The zero-order valence-electron chi connectivity index (χ0n) is 7.13. The van der Waals surface area contributed by atoms with Gasteiger partial charge < -0.3 is 5.73 Å². The van der Waals surface area contributed by atoms with Crippen LogP contribution in [0.5, 0.6) is 0 Å². The van der Waals surface area contributed by atoms with Crippen LogP contribution in [-0.2, 0) is 0 Å². The predicted octanol–water partition coefficient (Wildman–Crippen LogP) is 3.00. The minimum Gasteiger partial charge on any atom is -0.324 e. The van der Waals surface area contributed by atoms with Crippen LogP contribution in [0.3, 0.4) is 0 Å². The summed E-state index contributed by atoms with van der Waals surface area (Å²) in [7, 11) is 0. The number of halogens is 2. The highest BCUT2D eigenvalue weighted by Gasteiger charge is 2.30. The second-order valence-electron chi connectivity index (χ2n) is 3.53. The summed E-state index contributed by atoms with van der Waals surface area (Å²) < 4.78 is 13.8. The Balaban J connectivity index is 2.31. The van der Waals surface area contributed by atoms with Crippen LogP contribution in [-0.4, -0.2) is 0 Å². The molecule has 0 amide bonds. The van der Waals surface area contributed by atoms with Gasteiger partial charge in [-0.2, -0.15) is 0 Å². The second-order valence-corrected chi connectivity index (χ2v) is 4.38. The number of hydrogen-bond donors (Lipinski definition) is 1. The van der Waals surface area contributed by atoms with Gasteiger partial charge in [0.15, 0.2) is 0 Å². The Labute approximate surface area is 85.3 Å². The van der Waals surface area contributed by atoms with Gasteiger partial charge in [0.2, 0.25) is 0 Å². The van der Waals surface area contributed by atoms with Crippen molar-refractivity contribution in [3.63, 3.8) is 0 Å². The fraction of sp³-hybridized carbons (Fsp3) is 0.400. The second kappa shape index (κ2) is 3.39. The molecule has 70 valence electrons. The van der Waals surface area contributed by atoms with Gasteiger partial charge in [-0.25, -0.2) is 4.39 Å². The molecule has 3 heteroatoms. The Kier molecular flexibility index (Phi) is 2.39. The molecule has 2 N–H and O–H groups in total. The molecule has 1 nitrogen and oxygen atoms in total. The van der Waals surface area contributed by atoms with E-state index in [0.717, 1.165) is 10.0 Å². The quantitative estimate of drug-likeness (QED) is 0.850. The number of hydrogen-bond acceptors (Lipinski definition) is 1. The van der Waals surface area contributed by atoms with Crippen molar-refractivity contribution < 1.29 is 4.39 Å². The Hall–Kier alpha value is -0.410. The summed E-state index contributed by atoms with van der Waals surface area (Å²) in [5, 5.41) is 0. The fourth-order valence-corrected chi connectivity index (χ4v) is 1.99. The van der Waals surface area contributed by atoms with E-state index in [1.165, 1.54) is 25.0 Å². The third-order valence-corrected chi connectivity index (χ3v) is 3.17. The van der Waals surface area contributed by atoms with Crippen molar-refractivity contribution >= 4 is 15.9 Å². The van der Waals surface area contributed by atoms with Crippen molar-refractivity contribution in [3.8, 4) is 0 Å². The normalized spacial score (nSPS) is 18.7. The van der Waals surface area contributed by atoms with Crippen molar-refractivity contribution in [2.45, 2.75) is 18.9 Å². The molecule has 0 saturated heterocycles. The average molecular weight is 244 g/mol. The van der Waals surface area contributed by atoms with Crippen LogP contribution >= 0.6 is 15.9 Å². The molecule has 1 aliphatic rings. The Morgan fingerprint density at radius 2 is 2.15 bits per heavy atom. The van der Waals surface area contributed by atoms with Gasteiger partial charge in [0.25, 0.3) is 0 Å². The fourth-order valence-electron chi connectivity index (χ4n) is 1.48. The van der Waals surface area contributed by atoms with E-state index in [4.69, 9.17) is 5.73 Å². The maximum atomic E-state index is 12.9. The van der Waals surface area contributed by atoms with Crippen LogP contribution in [0.15, 0.2) is 22.7 Å². The highest BCUT2D eigenvalue weighted by Crippen LogP contribution is 2.41. The summed E-state index contributed by atoms with van der Waals surface area (Å²) in [6.07, 6.45) is 2.34. The van der Waals surface area contributed by atoms with E-state index in [-0.39, 0.29) is 11.9 Å². The highest BCUT2D eigenvalue weighted by atomic mass is 79.9. The van der Waals surface area contributed by atoms with Gasteiger partial charge in [-0.15, -0.1) is 0 Å². The predicted molar refractivity (Wildman–Crippen MR) is 53.8 cm³/mol. The van der Waals surface area contributed by atoms with Crippen molar-refractivity contribution in [1.29, 1.82) is 0 Å².